The van der Waals surface area contributed by atoms with Gasteiger partial charge in [0.2, 0.25) is 0 Å². The maximum absolute atomic E-state index is 12.7. The molecule has 8 heteroatoms. The first kappa shape index (κ1) is 18.9. The molecule has 0 unspecified atom stereocenters. The Bertz CT molecular complexity index is 533. The number of hydrogen-bond donors (Lipinski definition) is 2. The van der Waals surface area contributed by atoms with Gasteiger partial charge in [-0.05, 0) is 25.0 Å². The number of nitrogens with one attached hydrogen (secondary N) is 1. The molecule has 1 rings (SSSR count). The minimum Gasteiger partial charge on any atom is -0.481 e. The molecule has 0 radical (unpaired) electrons. The second kappa shape index (κ2) is 9.12. The van der Waals surface area contributed by atoms with E-state index < -0.39 is 29.3 Å². The molecule has 0 aliphatic carbocycles. The predicted molar refractivity (Wildman–Crippen MR) is 76.9 cm³/mol. The van der Waals surface area contributed by atoms with Crippen molar-refractivity contribution in [2.75, 3.05) is 6.54 Å². The van der Waals surface area contributed by atoms with E-state index in [2.05, 4.69) is 10.3 Å². The predicted octanol–water partition coefficient (Wildman–Crippen LogP) is 3.26. The molecule has 1 heterocycles. The van der Waals surface area contributed by atoms with E-state index in [0.717, 1.165) is 31.5 Å². The number of alkyl halides is 3. The van der Waals surface area contributed by atoms with Gasteiger partial charge in [-0.25, -0.2) is 0 Å². The largest absolute Gasteiger partial charge is 0.481 e. The lowest BCUT2D eigenvalue weighted by Gasteiger charge is -2.11. The SMILES string of the molecule is O=C(O)CCCCCCCNC(=O)c1cccnc1C(F)(F)F. The molecule has 1 aromatic rings. The van der Waals surface area contributed by atoms with Crippen molar-refractivity contribution in [2.24, 2.45) is 0 Å². The van der Waals surface area contributed by atoms with E-state index in [0.29, 0.717) is 12.8 Å². The lowest BCUT2D eigenvalue weighted by molar-refractivity contribution is -0.141. The molecule has 0 fully saturated rings. The van der Waals surface area contributed by atoms with Crippen LogP contribution < -0.4 is 5.32 Å². The van der Waals surface area contributed by atoms with Gasteiger partial charge in [-0.2, -0.15) is 13.2 Å². The average molecular weight is 332 g/mol. The van der Waals surface area contributed by atoms with Crippen LogP contribution in [-0.4, -0.2) is 28.5 Å². The van der Waals surface area contributed by atoms with E-state index >= 15 is 0 Å². The first-order valence-corrected chi connectivity index (χ1v) is 7.34. The van der Waals surface area contributed by atoms with Crippen molar-refractivity contribution in [1.82, 2.24) is 10.3 Å². The minimum atomic E-state index is -4.67. The zero-order valence-electron chi connectivity index (χ0n) is 12.5. The number of carboxylic acid groups (broad SMARTS) is 1. The summed E-state index contributed by atoms with van der Waals surface area (Å²) in [6, 6.07) is 2.38. The number of carbonyl (C=O) groups excluding carboxylic acids is 1. The van der Waals surface area contributed by atoms with Gasteiger partial charge in [0.15, 0.2) is 5.69 Å². The van der Waals surface area contributed by atoms with E-state index in [1.54, 1.807) is 0 Å². The maximum Gasteiger partial charge on any atom is 0.434 e. The number of aliphatic carboxylic acids is 1. The number of rotatable bonds is 9. The van der Waals surface area contributed by atoms with Crippen molar-refractivity contribution in [3.63, 3.8) is 0 Å². The Balaban J connectivity index is 2.31. The highest BCUT2D eigenvalue weighted by atomic mass is 19.4. The van der Waals surface area contributed by atoms with Crippen LogP contribution in [0.5, 0.6) is 0 Å². The Morgan fingerprint density at radius 3 is 2.43 bits per heavy atom. The summed E-state index contributed by atoms with van der Waals surface area (Å²) in [4.78, 5) is 25.3. The van der Waals surface area contributed by atoms with Crippen LogP contribution in [0.4, 0.5) is 13.2 Å². The summed E-state index contributed by atoms with van der Waals surface area (Å²) in [5.74, 6) is -1.62. The summed E-state index contributed by atoms with van der Waals surface area (Å²) in [6.07, 6.45) is 0.0729. The number of halogens is 3. The smallest absolute Gasteiger partial charge is 0.434 e. The van der Waals surface area contributed by atoms with Crippen molar-refractivity contribution in [3.05, 3.63) is 29.6 Å². The first-order valence-electron chi connectivity index (χ1n) is 7.34. The molecule has 2 N–H and O–H groups in total. The van der Waals surface area contributed by atoms with Crippen LogP contribution >= 0.6 is 0 Å². The maximum atomic E-state index is 12.7. The summed E-state index contributed by atoms with van der Waals surface area (Å²) >= 11 is 0. The average Bonchev–Trinajstić information content (AvgIpc) is 2.48. The van der Waals surface area contributed by atoms with Gasteiger partial charge in [-0.15, -0.1) is 0 Å². The third-order valence-electron chi connectivity index (χ3n) is 3.17. The number of nitrogens with zero attached hydrogens (tertiary/aromatic N) is 1. The van der Waals surface area contributed by atoms with Gasteiger partial charge in [0.25, 0.3) is 5.91 Å². The third kappa shape index (κ3) is 7.12. The Morgan fingerprint density at radius 1 is 1.13 bits per heavy atom. The zero-order valence-corrected chi connectivity index (χ0v) is 12.5. The summed E-state index contributed by atoms with van der Waals surface area (Å²) in [5.41, 5.74) is -1.67. The highest BCUT2D eigenvalue weighted by Crippen LogP contribution is 2.29. The van der Waals surface area contributed by atoms with Gasteiger partial charge in [0.05, 0.1) is 5.56 Å². The topological polar surface area (TPSA) is 79.3 Å². The Kier molecular flexibility index (Phi) is 7.50. The fourth-order valence-electron chi connectivity index (χ4n) is 2.04. The molecular weight excluding hydrogens is 313 g/mol. The number of aromatic nitrogens is 1. The van der Waals surface area contributed by atoms with E-state index in [-0.39, 0.29) is 13.0 Å². The fraction of sp³-hybridized carbons (Fsp3) is 0.533. The molecule has 23 heavy (non-hydrogen) atoms. The third-order valence-corrected chi connectivity index (χ3v) is 3.17. The van der Waals surface area contributed by atoms with Gasteiger partial charge >= 0.3 is 12.1 Å². The van der Waals surface area contributed by atoms with Crippen LogP contribution in [0.25, 0.3) is 0 Å². The Hall–Kier alpha value is -2.12. The van der Waals surface area contributed by atoms with Crippen LogP contribution in [0.2, 0.25) is 0 Å². The molecule has 0 aromatic carbocycles. The highest BCUT2D eigenvalue weighted by Gasteiger charge is 2.36. The normalized spacial score (nSPS) is 11.3. The van der Waals surface area contributed by atoms with Crippen molar-refractivity contribution >= 4 is 11.9 Å². The van der Waals surface area contributed by atoms with Crippen molar-refractivity contribution in [2.45, 2.75) is 44.7 Å². The molecular formula is C15H19F3N2O3. The van der Waals surface area contributed by atoms with Crippen molar-refractivity contribution in [3.8, 4) is 0 Å². The lowest BCUT2D eigenvalue weighted by Crippen LogP contribution is -2.27. The van der Waals surface area contributed by atoms with Crippen molar-refractivity contribution in [1.29, 1.82) is 0 Å². The standard InChI is InChI=1S/C15H19F3N2O3/c16-15(17,18)13-11(7-6-10-19-13)14(23)20-9-5-3-1-2-4-8-12(21)22/h6-7,10H,1-5,8-9H2,(H,20,23)(H,21,22). The number of carbonyl (C=O) groups is 2. The molecule has 1 amide bonds. The monoisotopic (exact) mass is 332 g/mol. The van der Waals surface area contributed by atoms with E-state index in [1.165, 1.54) is 6.07 Å². The summed E-state index contributed by atoms with van der Waals surface area (Å²) < 4.78 is 38.2. The number of pyridine rings is 1. The molecule has 0 aliphatic heterocycles. The van der Waals surface area contributed by atoms with Gasteiger partial charge < -0.3 is 10.4 Å². The second-order valence-electron chi connectivity index (χ2n) is 5.06. The molecule has 0 aliphatic rings. The molecule has 0 bridgehead atoms. The quantitative estimate of drug-likeness (QED) is 0.680. The van der Waals surface area contributed by atoms with Crippen LogP contribution in [0, 0.1) is 0 Å². The molecule has 0 atom stereocenters. The molecule has 5 nitrogen and oxygen atoms in total. The van der Waals surface area contributed by atoms with E-state index in [9.17, 15) is 22.8 Å². The molecule has 0 saturated carbocycles. The van der Waals surface area contributed by atoms with Crippen LogP contribution in [0.15, 0.2) is 18.3 Å². The molecule has 1 aromatic heterocycles. The summed E-state index contributed by atoms with van der Waals surface area (Å²) in [5, 5.41) is 10.9. The minimum absolute atomic E-state index is 0.137. The Labute approximate surface area is 131 Å². The summed E-state index contributed by atoms with van der Waals surface area (Å²) in [6.45, 7) is 0.268. The second-order valence-corrected chi connectivity index (χ2v) is 5.06. The molecule has 0 spiro atoms. The number of carboxylic acids is 1. The van der Waals surface area contributed by atoms with Gasteiger partial charge in [-0.3, -0.25) is 14.6 Å². The zero-order chi connectivity index (χ0) is 17.3. The fourth-order valence-corrected chi connectivity index (χ4v) is 2.04. The van der Waals surface area contributed by atoms with Gasteiger partial charge in [-0.1, -0.05) is 19.3 Å². The molecule has 0 saturated heterocycles. The Morgan fingerprint density at radius 2 is 1.78 bits per heavy atom. The number of amides is 1. The molecule has 128 valence electrons. The lowest BCUT2D eigenvalue weighted by atomic mass is 10.1. The van der Waals surface area contributed by atoms with Gasteiger partial charge in [0.1, 0.15) is 0 Å². The number of hydrogen-bond acceptors (Lipinski definition) is 3. The highest BCUT2D eigenvalue weighted by molar-refractivity contribution is 5.95. The first-order chi connectivity index (χ1) is 10.8. The number of unbranched alkanes of at least 4 members (excludes halogenated alkanes) is 4. The van der Waals surface area contributed by atoms with E-state index in [1.807, 2.05) is 0 Å². The van der Waals surface area contributed by atoms with Crippen molar-refractivity contribution < 1.29 is 27.9 Å². The van der Waals surface area contributed by atoms with E-state index in [4.69, 9.17) is 5.11 Å². The van der Waals surface area contributed by atoms with Crippen LogP contribution in [0.1, 0.15) is 54.6 Å². The van der Waals surface area contributed by atoms with Gasteiger partial charge in [0, 0.05) is 19.2 Å². The van der Waals surface area contributed by atoms with Crippen LogP contribution in [-0.2, 0) is 11.0 Å². The summed E-state index contributed by atoms with van der Waals surface area (Å²) in [7, 11) is 0. The van der Waals surface area contributed by atoms with Crippen LogP contribution in [0.3, 0.4) is 0 Å².